The maximum Gasteiger partial charge on any atom is 0.311 e. The van der Waals surface area contributed by atoms with Gasteiger partial charge in [-0.15, -0.1) is 0 Å². The highest BCUT2D eigenvalue weighted by atomic mass is 32.2. The zero-order valence-corrected chi connectivity index (χ0v) is 15.3. The highest BCUT2D eigenvalue weighted by Crippen LogP contribution is 2.36. The highest BCUT2D eigenvalue weighted by molar-refractivity contribution is 7.91. The molecular weight excluding hydrogens is 342 g/mol. The second kappa shape index (κ2) is 7.99. The number of rotatable bonds is 7. The van der Waals surface area contributed by atoms with Crippen LogP contribution in [0.1, 0.15) is 55.8 Å². The van der Waals surface area contributed by atoms with Gasteiger partial charge in [-0.05, 0) is 31.4 Å². The monoisotopic (exact) mass is 367 g/mol. The van der Waals surface area contributed by atoms with Crippen molar-refractivity contribution in [1.29, 1.82) is 0 Å². The number of carbonyl (C=O) groups is 2. The Hall–Kier alpha value is -1.89. The summed E-state index contributed by atoms with van der Waals surface area (Å²) in [5, 5.41) is 12.2. The van der Waals surface area contributed by atoms with Crippen LogP contribution in [0.4, 0.5) is 0 Å². The van der Waals surface area contributed by atoms with Crippen molar-refractivity contribution in [3.05, 3.63) is 29.8 Å². The summed E-state index contributed by atoms with van der Waals surface area (Å²) in [5.41, 5.74) is -0.877. The number of sulfone groups is 1. The molecule has 1 amide bonds. The largest absolute Gasteiger partial charge is 0.481 e. The van der Waals surface area contributed by atoms with E-state index in [1.165, 1.54) is 12.1 Å². The molecule has 0 unspecified atom stereocenters. The molecule has 0 radical (unpaired) electrons. The fourth-order valence-electron chi connectivity index (χ4n) is 3.34. The molecule has 1 aromatic rings. The van der Waals surface area contributed by atoms with Crippen molar-refractivity contribution in [3.63, 3.8) is 0 Å². The summed E-state index contributed by atoms with van der Waals surface area (Å²) in [6, 6.07) is 6.08. The molecule has 1 saturated carbocycles. The van der Waals surface area contributed by atoms with Gasteiger partial charge in [0.25, 0.3) is 5.91 Å². The van der Waals surface area contributed by atoms with Gasteiger partial charge in [0.1, 0.15) is 0 Å². The molecule has 0 heterocycles. The first-order valence-corrected chi connectivity index (χ1v) is 10.3. The molecule has 0 bridgehead atoms. The Morgan fingerprint density at radius 1 is 1.16 bits per heavy atom. The molecule has 0 atom stereocenters. The van der Waals surface area contributed by atoms with Crippen molar-refractivity contribution >= 4 is 21.7 Å². The number of nitrogens with one attached hydrogen (secondary N) is 1. The Morgan fingerprint density at radius 2 is 1.80 bits per heavy atom. The number of carbonyl (C=O) groups excluding carboxylic acids is 1. The number of hydrogen-bond acceptors (Lipinski definition) is 4. The van der Waals surface area contributed by atoms with Gasteiger partial charge in [0, 0.05) is 6.54 Å². The summed E-state index contributed by atoms with van der Waals surface area (Å²) >= 11 is 0. The van der Waals surface area contributed by atoms with Crippen LogP contribution in [0, 0.1) is 5.41 Å². The molecule has 1 aliphatic rings. The van der Waals surface area contributed by atoms with E-state index in [-0.39, 0.29) is 22.8 Å². The Bertz CT molecular complexity index is 736. The third-order valence-electron chi connectivity index (χ3n) is 4.79. The molecule has 0 aliphatic heterocycles. The van der Waals surface area contributed by atoms with E-state index in [1.807, 2.05) is 0 Å². The van der Waals surface area contributed by atoms with Crippen molar-refractivity contribution in [2.24, 2.45) is 5.41 Å². The van der Waals surface area contributed by atoms with E-state index >= 15 is 0 Å². The Labute approximate surface area is 148 Å². The predicted molar refractivity (Wildman–Crippen MR) is 94.3 cm³/mol. The zero-order chi connectivity index (χ0) is 18.5. The third-order valence-corrected chi connectivity index (χ3v) is 6.76. The van der Waals surface area contributed by atoms with Crippen molar-refractivity contribution in [2.75, 3.05) is 12.3 Å². The summed E-state index contributed by atoms with van der Waals surface area (Å²) in [6.07, 6.45) is 4.16. The van der Waals surface area contributed by atoms with Crippen molar-refractivity contribution in [2.45, 2.75) is 50.3 Å². The molecule has 2 N–H and O–H groups in total. The molecular formula is C18H25NO5S. The number of carboxylic acid groups (broad SMARTS) is 1. The fourth-order valence-corrected chi connectivity index (χ4v) is 4.88. The normalized spacial score (nSPS) is 17.0. The van der Waals surface area contributed by atoms with Gasteiger partial charge in [0.15, 0.2) is 9.84 Å². The molecule has 1 fully saturated rings. The summed E-state index contributed by atoms with van der Waals surface area (Å²) in [6.45, 7) is 1.78. The number of amides is 1. The third kappa shape index (κ3) is 4.39. The summed E-state index contributed by atoms with van der Waals surface area (Å²) in [5.74, 6) is -1.48. The smallest absolute Gasteiger partial charge is 0.311 e. The molecule has 0 spiro atoms. The van der Waals surface area contributed by atoms with Gasteiger partial charge in [-0.3, -0.25) is 9.59 Å². The Kier molecular flexibility index (Phi) is 6.21. The molecule has 6 nitrogen and oxygen atoms in total. The minimum atomic E-state index is -3.54. The maximum absolute atomic E-state index is 12.6. The second-order valence-electron chi connectivity index (χ2n) is 6.64. The van der Waals surface area contributed by atoms with Crippen LogP contribution in [0.25, 0.3) is 0 Å². The standard InChI is InChI=1S/C18H25NO5S/c1-2-12-25(23,24)15-9-5-4-8-14(15)16(20)19-13-18(17(21)22)10-6-3-7-11-18/h4-5,8-9H,2-3,6-7,10-13H2,1H3,(H,19,20)(H,21,22). The lowest BCUT2D eigenvalue weighted by atomic mass is 9.74. The van der Waals surface area contributed by atoms with E-state index in [2.05, 4.69) is 5.32 Å². The molecule has 1 aromatic carbocycles. The van der Waals surface area contributed by atoms with Crippen LogP contribution in [0.3, 0.4) is 0 Å². The van der Waals surface area contributed by atoms with Crippen LogP contribution < -0.4 is 5.32 Å². The molecule has 0 saturated heterocycles. The first kappa shape index (κ1) is 19.4. The zero-order valence-electron chi connectivity index (χ0n) is 14.5. The topological polar surface area (TPSA) is 101 Å². The molecule has 25 heavy (non-hydrogen) atoms. The first-order valence-electron chi connectivity index (χ1n) is 8.66. The van der Waals surface area contributed by atoms with Gasteiger partial charge in [-0.2, -0.15) is 0 Å². The summed E-state index contributed by atoms with van der Waals surface area (Å²) in [4.78, 5) is 24.2. The number of hydrogen-bond donors (Lipinski definition) is 2. The van der Waals surface area contributed by atoms with Gasteiger partial charge in [0.05, 0.1) is 21.6 Å². The van der Waals surface area contributed by atoms with Gasteiger partial charge in [-0.1, -0.05) is 38.3 Å². The van der Waals surface area contributed by atoms with Crippen LogP contribution in [-0.2, 0) is 14.6 Å². The lowest BCUT2D eigenvalue weighted by Crippen LogP contribution is -2.44. The van der Waals surface area contributed by atoms with Gasteiger partial charge >= 0.3 is 5.97 Å². The van der Waals surface area contributed by atoms with Crippen LogP contribution in [0.15, 0.2) is 29.2 Å². The van der Waals surface area contributed by atoms with E-state index in [1.54, 1.807) is 19.1 Å². The average Bonchev–Trinajstić information content (AvgIpc) is 2.60. The van der Waals surface area contributed by atoms with Crippen LogP contribution in [-0.4, -0.2) is 37.7 Å². The maximum atomic E-state index is 12.6. The Morgan fingerprint density at radius 3 is 2.40 bits per heavy atom. The minimum absolute atomic E-state index is 0.00219. The van der Waals surface area contributed by atoms with Crippen molar-refractivity contribution < 1.29 is 23.1 Å². The van der Waals surface area contributed by atoms with Crippen molar-refractivity contribution in [1.82, 2.24) is 5.32 Å². The van der Waals surface area contributed by atoms with E-state index in [0.717, 1.165) is 19.3 Å². The lowest BCUT2D eigenvalue weighted by molar-refractivity contribution is -0.150. The van der Waals surface area contributed by atoms with E-state index in [4.69, 9.17) is 0 Å². The van der Waals surface area contributed by atoms with E-state index < -0.39 is 27.1 Å². The fraction of sp³-hybridized carbons (Fsp3) is 0.556. The summed E-state index contributed by atoms with van der Waals surface area (Å²) in [7, 11) is -3.54. The van der Waals surface area contributed by atoms with Crippen molar-refractivity contribution in [3.8, 4) is 0 Å². The molecule has 7 heteroatoms. The SMILES string of the molecule is CCCS(=O)(=O)c1ccccc1C(=O)NCC1(C(=O)O)CCCCC1. The Balaban J connectivity index is 2.20. The molecule has 1 aliphatic carbocycles. The second-order valence-corrected chi connectivity index (χ2v) is 8.72. The highest BCUT2D eigenvalue weighted by Gasteiger charge is 2.40. The number of carboxylic acids is 1. The minimum Gasteiger partial charge on any atom is -0.481 e. The van der Waals surface area contributed by atoms with Crippen LogP contribution in [0.2, 0.25) is 0 Å². The predicted octanol–water partition coefficient (Wildman–Crippen LogP) is 2.64. The van der Waals surface area contributed by atoms with E-state index in [0.29, 0.717) is 19.3 Å². The summed E-state index contributed by atoms with van der Waals surface area (Å²) < 4.78 is 24.7. The lowest BCUT2D eigenvalue weighted by Gasteiger charge is -2.33. The van der Waals surface area contributed by atoms with Crippen LogP contribution >= 0.6 is 0 Å². The van der Waals surface area contributed by atoms with E-state index in [9.17, 15) is 23.1 Å². The van der Waals surface area contributed by atoms with Crippen LogP contribution in [0.5, 0.6) is 0 Å². The molecule has 138 valence electrons. The van der Waals surface area contributed by atoms with Gasteiger partial charge in [0.2, 0.25) is 0 Å². The average molecular weight is 367 g/mol. The van der Waals surface area contributed by atoms with Gasteiger partial charge in [-0.25, -0.2) is 8.42 Å². The number of aliphatic carboxylic acids is 1. The quantitative estimate of drug-likeness (QED) is 0.771. The molecule has 2 rings (SSSR count). The molecule has 0 aromatic heterocycles. The number of benzene rings is 1. The first-order chi connectivity index (χ1) is 11.8. The van der Waals surface area contributed by atoms with Gasteiger partial charge < -0.3 is 10.4 Å².